The van der Waals surface area contributed by atoms with Gasteiger partial charge in [0.1, 0.15) is 5.69 Å². The van der Waals surface area contributed by atoms with E-state index in [9.17, 15) is 4.79 Å². The molecule has 2 aromatic heterocycles. The molecule has 1 atom stereocenters. The van der Waals surface area contributed by atoms with Crippen LogP contribution in [0.1, 0.15) is 61.1 Å². The predicted octanol–water partition coefficient (Wildman–Crippen LogP) is 5.29. The van der Waals surface area contributed by atoms with Crippen molar-refractivity contribution in [2.45, 2.75) is 46.5 Å². The summed E-state index contributed by atoms with van der Waals surface area (Å²) in [5, 5.41) is 7.53. The number of anilines is 2. The lowest BCUT2D eigenvalue weighted by Crippen LogP contribution is -2.35. The smallest absolute Gasteiger partial charge is 0.283 e. The molecule has 4 heterocycles. The molecule has 1 aromatic carbocycles. The highest BCUT2D eigenvalue weighted by Crippen LogP contribution is 2.37. The Morgan fingerprint density at radius 3 is 2.81 bits per heavy atom. The van der Waals surface area contributed by atoms with Crippen molar-refractivity contribution in [3.63, 3.8) is 0 Å². The second-order valence-electron chi connectivity index (χ2n) is 9.96. The second-order valence-corrected chi connectivity index (χ2v) is 9.96. The molecule has 0 saturated carbocycles. The average Bonchev–Trinajstić information content (AvgIpc) is 3.36. The largest absolute Gasteiger partial charge is 0.477 e. The summed E-state index contributed by atoms with van der Waals surface area (Å²) in [4.78, 5) is 24.2. The highest BCUT2D eigenvalue weighted by molar-refractivity contribution is 6.19. The Kier molecular flexibility index (Phi) is 6.24. The van der Waals surface area contributed by atoms with Crippen molar-refractivity contribution in [2.75, 3.05) is 23.4 Å². The van der Waals surface area contributed by atoms with E-state index in [2.05, 4.69) is 53.3 Å². The van der Waals surface area contributed by atoms with Crippen molar-refractivity contribution in [1.82, 2.24) is 14.8 Å². The summed E-state index contributed by atoms with van der Waals surface area (Å²) < 4.78 is 23.4. The van der Waals surface area contributed by atoms with Gasteiger partial charge in [-0.25, -0.2) is 14.1 Å². The summed E-state index contributed by atoms with van der Waals surface area (Å²) >= 11 is 0. The van der Waals surface area contributed by atoms with Crippen LogP contribution in [-0.4, -0.2) is 39.8 Å². The van der Waals surface area contributed by atoms with Crippen LogP contribution >= 0.6 is 0 Å². The molecule has 5 rings (SSSR count). The van der Waals surface area contributed by atoms with Gasteiger partial charge in [0.05, 0.1) is 35.3 Å². The van der Waals surface area contributed by atoms with Gasteiger partial charge in [-0.1, -0.05) is 26.8 Å². The van der Waals surface area contributed by atoms with Crippen LogP contribution in [0.25, 0.3) is 11.3 Å². The van der Waals surface area contributed by atoms with E-state index in [0.29, 0.717) is 48.1 Å². The zero-order valence-electron chi connectivity index (χ0n) is 21.3. The number of carbonyl (C=O) groups is 1. The third-order valence-corrected chi connectivity index (χ3v) is 6.72. The van der Waals surface area contributed by atoms with Crippen molar-refractivity contribution < 1.29 is 13.9 Å². The number of amides is 1. The fourth-order valence-corrected chi connectivity index (χ4v) is 4.72. The first kappa shape index (κ1) is 24.0. The van der Waals surface area contributed by atoms with Crippen LogP contribution in [0.4, 0.5) is 15.8 Å². The monoisotopic (exact) mass is 490 g/mol. The molecule has 1 N–H and O–H groups in total. The fourth-order valence-electron chi connectivity index (χ4n) is 4.72. The van der Waals surface area contributed by atoms with Gasteiger partial charge in [-0.3, -0.25) is 4.79 Å². The Morgan fingerprint density at radius 1 is 1.22 bits per heavy atom. The summed E-state index contributed by atoms with van der Waals surface area (Å²) in [5.41, 5.74) is 3.88. The van der Waals surface area contributed by atoms with E-state index in [-0.39, 0.29) is 11.3 Å². The summed E-state index contributed by atoms with van der Waals surface area (Å²) in [6.45, 7) is 9.32. The fraction of sp³-hybridized carbons (Fsp3) is 0.407. The molecular formula is C27H31FN6O2. The van der Waals surface area contributed by atoms with Gasteiger partial charge in [-0.2, -0.15) is 10.1 Å². The molecule has 0 radical (unpaired) electrons. The SMILES string of the molecule is Cc1cc2c(F)c(n1)-c1cnn(C)c1OCCC[C@@H](C)CN1/C(=N/C2=O)Nc2ccc(C(C)C)cc21. The Labute approximate surface area is 210 Å². The maximum absolute atomic E-state index is 15.8. The zero-order valence-corrected chi connectivity index (χ0v) is 21.3. The zero-order chi connectivity index (χ0) is 25.6. The maximum Gasteiger partial charge on any atom is 0.283 e. The lowest BCUT2D eigenvalue weighted by molar-refractivity contribution is 0.0998. The van der Waals surface area contributed by atoms with Crippen molar-refractivity contribution in [3.05, 3.63) is 53.1 Å². The number of halogens is 1. The molecule has 188 valence electrons. The summed E-state index contributed by atoms with van der Waals surface area (Å²) in [5.74, 6) is 0.0855. The van der Waals surface area contributed by atoms with Crippen molar-refractivity contribution in [3.8, 4) is 17.1 Å². The van der Waals surface area contributed by atoms with Crippen LogP contribution in [-0.2, 0) is 7.05 Å². The molecule has 0 saturated heterocycles. The number of carbonyl (C=O) groups excluding carboxylic acids is 1. The number of rotatable bonds is 1. The molecule has 0 aliphatic carbocycles. The van der Waals surface area contributed by atoms with Crippen LogP contribution in [0.15, 0.2) is 35.5 Å². The van der Waals surface area contributed by atoms with Gasteiger partial charge >= 0.3 is 0 Å². The van der Waals surface area contributed by atoms with Gasteiger partial charge in [-0.15, -0.1) is 0 Å². The molecule has 0 unspecified atom stereocenters. The molecule has 0 spiro atoms. The molecule has 3 aromatic rings. The summed E-state index contributed by atoms with van der Waals surface area (Å²) in [7, 11) is 1.74. The second kappa shape index (κ2) is 9.37. The van der Waals surface area contributed by atoms with Crippen LogP contribution in [0.2, 0.25) is 0 Å². The number of pyridine rings is 1. The average molecular weight is 491 g/mol. The minimum atomic E-state index is -0.736. The Balaban J connectivity index is 1.63. The van der Waals surface area contributed by atoms with E-state index >= 15 is 4.39 Å². The van der Waals surface area contributed by atoms with Gasteiger partial charge in [0, 0.05) is 19.3 Å². The van der Waals surface area contributed by atoms with E-state index in [1.165, 1.54) is 17.8 Å². The number of ether oxygens (including phenoxy) is 1. The Morgan fingerprint density at radius 2 is 2.03 bits per heavy atom. The molecular weight excluding hydrogens is 459 g/mol. The number of hydrogen-bond acceptors (Lipinski definition) is 6. The molecule has 2 aliphatic rings. The number of fused-ring (bicyclic) bond motifs is 7. The molecule has 0 fully saturated rings. The number of hydrogen-bond donors (Lipinski definition) is 1. The van der Waals surface area contributed by atoms with Crippen molar-refractivity contribution >= 4 is 23.2 Å². The van der Waals surface area contributed by atoms with Crippen LogP contribution in [0.3, 0.4) is 0 Å². The van der Waals surface area contributed by atoms with Crippen molar-refractivity contribution in [2.24, 2.45) is 18.0 Å². The Hall–Kier alpha value is -3.75. The number of aliphatic imine (C=N–C) groups is 1. The number of guanidine groups is 1. The van der Waals surface area contributed by atoms with Crippen molar-refractivity contribution in [1.29, 1.82) is 0 Å². The molecule has 9 heteroatoms. The van der Waals surface area contributed by atoms with E-state index in [4.69, 9.17) is 4.74 Å². The quantitative estimate of drug-likeness (QED) is 0.499. The van der Waals surface area contributed by atoms with E-state index in [1.54, 1.807) is 18.7 Å². The van der Waals surface area contributed by atoms with Crippen LogP contribution in [0.5, 0.6) is 5.88 Å². The number of aryl methyl sites for hydroxylation is 2. The maximum atomic E-state index is 15.8. The lowest BCUT2D eigenvalue weighted by Gasteiger charge is -2.23. The molecule has 1 amide bonds. The van der Waals surface area contributed by atoms with Crippen LogP contribution < -0.4 is 15.0 Å². The molecule has 2 aliphatic heterocycles. The van der Waals surface area contributed by atoms with Crippen LogP contribution in [0, 0.1) is 18.7 Å². The number of aromatic nitrogens is 3. The number of nitrogens with zero attached hydrogens (tertiary/aromatic N) is 5. The van der Waals surface area contributed by atoms with Gasteiger partial charge in [-0.05, 0) is 55.4 Å². The topological polar surface area (TPSA) is 84.6 Å². The van der Waals surface area contributed by atoms with E-state index in [0.717, 1.165) is 24.2 Å². The lowest BCUT2D eigenvalue weighted by atomic mass is 10.0. The third kappa shape index (κ3) is 4.34. The van der Waals surface area contributed by atoms with E-state index < -0.39 is 11.7 Å². The number of nitrogens with one attached hydrogen (secondary N) is 1. The highest BCUT2D eigenvalue weighted by atomic mass is 19.1. The minimum absolute atomic E-state index is 0.0333. The summed E-state index contributed by atoms with van der Waals surface area (Å²) in [6, 6.07) is 7.67. The molecule has 36 heavy (non-hydrogen) atoms. The first-order valence-corrected chi connectivity index (χ1v) is 12.4. The summed E-state index contributed by atoms with van der Waals surface area (Å²) in [6.07, 6.45) is 3.24. The molecule has 8 nitrogen and oxygen atoms in total. The van der Waals surface area contributed by atoms with Gasteiger partial charge in [0.15, 0.2) is 5.82 Å². The van der Waals surface area contributed by atoms with Gasteiger partial charge in [0.25, 0.3) is 5.91 Å². The van der Waals surface area contributed by atoms with E-state index in [1.807, 2.05) is 11.0 Å². The first-order chi connectivity index (χ1) is 17.2. The first-order valence-electron chi connectivity index (χ1n) is 12.4. The number of benzene rings is 1. The molecule has 2 bridgehead atoms. The van der Waals surface area contributed by atoms with Gasteiger partial charge < -0.3 is 15.0 Å². The van der Waals surface area contributed by atoms with Gasteiger partial charge in [0.2, 0.25) is 11.8 Å². The highest BCUT2D eigenvalue weighted by Gasteiger charge is 2.30. The normalized spacial score (nSPS) is 19.3. The predicted molar refractivity (Wildman–Crippen MR) is 138 cm³/mol. The minimum Gasteiger partial charge on any atom is -0.477 e. The standard InChI is InChI=1S/C27H31FN6O2/c1-15(2)18-8-9-21-22(12-18)34-14-16(3)7-6-10-36-26-20(13-29-33(26)5)24-23(28)19(11-17(4)30-24)25(35)32-27(34)31-21/h8-9,11-13,15-16H,6-7,10,14H2,1-5H3,(H,31,32,35)/t16-/m1/s1. The third-order valence-electron chi connectivity index (χ3n) is 6.72. The Bertz CT molecular complexity index is 1360.